The summed E-state index contributed by atoms with van der Waals surface area (Å²) in [5, 5.41) is 7.63. The number of carbonyl (C=O) groups excluding carboxylic acids is 1. The molecule has 4 nitrogen and oxygen atoms in total. The summed E-state index contributed by atoms with van der Waals surface area (Å²) in [6.45, 7) is 4.39. The number of nitrogens with one attached hydrogen (secondary N) is 2. The monoisotopic (exact) mass is 264 g/mol. The highest BCUT2D eigenvalue weighted by atomic mass is 32.1. The minimum absolute atomic E-state index is 0.141. The van der Waals surface area contributed by atoms with Gasteiger partial charge in [0.1, 0.15) is 5.76 Å². The summed E-state index contributed by atoms with van der Waals surface area (Å²) in [5.74, 6) is 0.851. The van der Waals surface area contributed by atoms with Gasteiger partial charge in [0.2, 0.25) is 0 Å². The van der Waals surface area contributed by atoms with Gasteiger partial charge in [-0.05, 0) is 32.0 Å². The number of thiophene rings is 1. The number of carbonyl (C=O) groups is 1. The van der Waals surface area contributed by atoms with E-state index in [0.717, 1.165) is 16.2 Å². The van der Waals surface area contributed by atoms with Crippen LogP contribution in [0.2, 0.25) is 0 Å². The van der Waals surface area contributed by atoms with Crippen molar-refractivity contribution < 1.29 is 9.21 Å². The molecule has 2 N–H and O–H groups in total. The zero-order chi connectivity index (χ0) is 13.0. The molecule has 5 heteroatoms. The first-order valence-corrected chi connectivity index (χ1v) is 6.69. The predicted octanol–water partition coefficient (Wildman–Crippen LogP) is 3.22. The molecule has 0 atom stereocenters. The van der Waals surface area contributed by atoms with Crippen LogP contribution in [0.1, 0.15) is 18.7 Å². The lowest BCUT2D eigenvalue weighted by Gasteiger charge is -2.08. The Bertz CT molecular complexity index is 503. The van der Waals surface area contributed by atoms with E-state index in [0.29, 0.717) is 6.54 Å². The highest BCUT2D eigenvalue weighted by Crippen LogP contribution is 2.25. The molecule has 0 fully saturated rings. The van der Waals surface area contributed by atoms with Crippen molar-refractivity contribution in [3.63, 3.8) is 0 Å². The van der Waals surface area contributed by atoms with Crippen LogP contribution >= 0.6 is 11.3 Å². The van der Waals surface area contributed by atoms with Gasteiger partial charge in [0.15, 0.2) is 0 Å². The molecule has 2 amide bonds. The fourth-order valence-corrected chi connectivity index (χ4v) is 2.34. The second kappa shape index (κ2) is 5.73. The number of amides is 2. The molecule has 0 unspecified atom stereocenters. The van der Waals surface area contributed by atoms with E-state index in [1.165, 1.54) is 0 Å². The molecule has 0 saturated carbocycles. The fraction of sp³-hybridized carbons (Fsp3) is 0.308. The van der Waals surface area contributed by atoms with Crippen LogP contribution in [-0.2, 0) is 6.54 Å². The maximum atomic E-state index is 11.4. The number of urea groups is 1. The van der Waals surface area contributed by atoms with Gasteiger partial charge in [0.05, 0.1) is 12.8 Å². The van der Waals surface area contributed by atoms with Gasteiger partial charge in [0.25, 0.3) is 0 Å². The summed E-state index contributed by atoms with van der Waals surface area (Å²) in [6, 6.07) is 5.82. The van der Waals surface area contributed by atoms with Gasteiger partial charge in [-0.15, -0.1) is 11.3 Å². The number of hydrogen-bond donors (Lipinski definition) is 2. The molecular formula is C13H16N2O2S. The molecule has 2 rings (SSSR count). The summed E-state index contributed by atoms with van der Waals surface area (Å²) < 4.78 is 5.32. The topological polar surface area (TPSA) is 54.3 Å². The number of furan rings is 1. The molecule has 2 aromatic rings. The summed E-state index contributed by atoms with van der Waals surface area (Å²) >= 11 is 1.61. The minimum atomic E-state index is -0.141. The van der Waals surface area contributed by atoms with Crippen molar-refractivity contribution in [2.24, 2.45) is 0 Å². The molecule has 0 aliphatic carbocycles. The van der Waals surface area contributed by atoms with Crippen LogP contribution in [0.4, 0.5) is 4.79 Å². The molecule has 2 heterocycles. The molecule has 2 aromatic heterocycles. The predicted molar refractivity (Wildman–Crippen MR) is 72.5 cm³/mol. The average Bonchev–Trinajstić information content (AvgIpc) is 2.96. The Hall–Kier alpha value is -1.75. The number of rotatable bonds is 4. The quantitative estimate of drug-likeness (QED) is 0.891. The van der Waals surface area contributed by atoms with Gasteiger partial charge in [-0.2, -0.15) is 0 Å². The zero-order valence-corrected chi connectivity index (χ0v) is 11.2. The molecule has 0 aliphatic rings. The van der Waals surface area contributed by atoms with Crippen LogP contribution in [0.5, 0.6) is 0 Å². The van der Waals surface area contributed by atoms with E-state index >= 15 is 0 Å². The van der Waals surface area contributed by atoms with Crippen molar-refractivity contribution in [3.8, 4) is 11.3 Å². The van der Waals surface area contributed by atoms with Crippen molar-refractivity contribution in [2.45, 2.75) is 26.4 Å². The first kappa shape index (κ1) is 12.7. The van der Waals surface area contributed by atoms with Gasteiger partial charge in [0, 0.05) is 21.9 Å². The van der Waals surface area contributed by atoms with Crippen LogP contribution in [0.25, 0.3) is 11.3 Å². The smallest absolute Gasteiger partial charge is 0.315 e. The molecule has 0 bridgehead atoms. The SMILES string of the molecule is CC(C)NC(=O)NCc1cc(-c2ccco2)cs1. The zero-order valence-electron chi connectivity index (χ0n) is 10.4. The molecule has 0 radical (unpaired) electrons. The highest BCUT2D eigenvalue weighted by Gasteiger charge is 2.06. The molecule has 0 spiro atoms. The van der Waals surface area contributed by atoms with Crippen molar-refractivity contribution in [3.05, 3.63) is 34.7 Å². The summed E-state index contributed by atoms with van der Waals surface area (Å²) in [5.41, 5.74) is 1.05. The minimum Gasteiger partial charge on any atom is -0.464 e. The van der Waals surface area contributed by atoms with Crippen molar-refractivity contribution in [1.29, 1.82) is 0 Å². The summed E-state index contributed by atoms with van der Waals surface area (Å²) in [7, 11) is 0. The lowest BCUT2D eigenvalue weighted by molar-refractivity contribution is 0.238. The Morgan fingerprint density at radius 3 is 3.00 bits per heavy atom. The van der Waals surface area contributed by atoms with Gasteiger partial charge in [-0.25, -0.2) is 4.79 Å². The van der Waals surface area contributed by atoms with E-state index in [1.807, 2.05) is 37.4 Å². The van der Waals surface area contributed by atoms with Gasteiger partial charge < -0.3 is 15.1 Å². The standard InChI is InChI=1S/C13H16N2O2S/c1-9(2)15-13(16)14-7-11-6-10(8-18-11)12-4-3-5-17-12/h3-6,8-9H,7H2,1-2H3,(H2,14,15,16). The normalized spacial score (nSPS) is 10.6. The van der Waals surface area contributed by atoms with E-state index in [2.05, 4.69) is 10.6 Å². The molecule has 96 valence electrons. The van der Waals surface area contributed by atoms with Crippen molar-refractivity contribution >= 4 is 17.4 Å². The van der Waals surface area contributed by atoms with Gasteiger partial charge in [-0.3, -0.25) is 0 Å². The van der Waals surface area contributed by atoms with E-state index in [-0.39, 0.29) is 12.1 Å². The van der Waals surface area contributed by atoms with E-state index < -0.39 is 0 Å². The third kappa shape index (κ3) is 3.37. The Morgan fingerprint density at radius 2 is 2.33 bits per heavy atom. The third-order valence-electron chi connectivity index (χ3n) is 2.30. The molecular weight excluding hydrogens is 248 g/mol. The molecule has 18 heavy (non-hydrogen) atoms. The molecule has 0 aliphatic heterocycles. The molecule has 0 aromatic carbocycles. The second-order valence-electron chi connectivity index (χ2n) is 4.26. The lowest BCUT2D eigenvalue weighted by atomic mass is 10.2. The largest absolute Gasteiger partial charge is 0.464 e. The second-order valence-corrected chi connectivity index (χ2v) is 5.26. The Labute approximate surface area is 110 Å². The lowest BCUT2D eigenvalue weighted by Crippen LogP contribution is -2.38. The maximum Gasteiger partial charge on any atom is 0.315 e. The fourth-order valence-electron chi connectivity index (χ4n) is 1.53. The van der Waals surface area contributed by atoms with Crippen molar-refractivity contribution in [1.82, 2.24) is 10.6 Å². The summed E-state index contributed by atoms with van der Waals surface area (Å²) in [4.78, 5) is 12.5. The van der Waals surface area contributed by atoms with E-state index in [4.69, 9.17) is 4.42 Å². The van der Waals surface area contributed by atoms with Crippen LogP contribution in [-0.4, -0.2) is 12.1 Å². The van der Waals surface area contributed by atoms with E-state index in [1.54, 1.807) is 17.6 Å². The van der Waals surface area contributed by atoms with E-state index in [9.17, 15) is 4.79 Å². The van der Waals surface area contributed by atoms with Crippen LogP contribution in [0, 0.1) is 0 Å². The first-order chi connectivity index (χ1) is 8.65. The Morgan fingerprint density at radius 1 is 1.50 bits per heavy atom. The highest BCUT2D eigenvalue weighted by molar-refractivity contribution is 7.10. The third-order valence-corrected chi connectivity index (χ3v) is 3.24. The van der Waals surface area contributed by atoms with Gasteiger partial charge >= 0.3 is 6.03 Å². The van der Waals surface area contributed by atoms with Crippen molar-refractivity contribution in [2.75, 3.05) is 0 Å². The average molecular weight is 264 g/mol. The maximum absolute atomic E-state index is 11.4. The van der Waals surface area contributed by atoms with Crippen LogP contribution < -0.4 is 10.6 Å². The Kier molecular flexibility index (Phi) is 4.04. The first-order valence-electron chi connectivity index (χ1n) is 5.81. The van der Waals surface area contributed by atoms with Gasteiger partial charge in [-0.1, -0.05) is 0 Å². The van der Waals surface area contributed by atoms with Crippen LogP contribution in [0.15, 0.2) is 34.3 Å². The Balaban J connectivity index is 1.89. The number of hydrogen-bond acceptors (Lipinski definition) is 3. The molecule has 0 saturated heterocycles. The van der Waals surface area contributed by atoms with Crippen LogP contribution in [0.3, 0.4) is 0 Å². The summed E-state index contributed by atoms with van der Waals surface area (Å²) in [6.07, 6.45) is 1.65.